The van der Waals surface area contributed by atoms with Gasteiger partial charge in [-0.1, -0.05) is 0 Å². The van der Waals surface area contributed by atoms with Crippen LogP contribution in [0, 0.1) is 10.1 Å². The van der Waals surface area contributed by atoms with Crippen LogP contribution in [0.5, 0.6) is 5.75 Å². The lowest BCUT2D eigenvalue weighted by Gasteiger charge is -2.11. The number of nitro benzene ring substituents is 1. The Bertz CT molecular complexity index is 474. The van der Waals surface area contributed by atoms with E-state index >= 15 is 0 Å². The van der Waals surface area contributed by atoms with Gasteiger partial charge in [0.25, 0.3) is 12.1 Å². The molecule has 0 bridgehead atoms. The molecule has 1 aromatic rings. The number of carbonyl (C=O) groups excluding carboxylic acids is 1. The van der Waals surface area contributed by atoms with Crippen LogP contribution in [0.1, 0.15) is 29.3 Å². The van der Waals surface area contributed by atoms with E-state index in [9.17, 15) is 23.7 Å². The lowest BCUT2D eigenvalue weighted by atomic mass is 10.0. The second kappa shape index (κ2) is 4.86. The van der Waals surface area contributed by atoms with Crippen LogP contribution in [-0.2, 0) is 0 Å². The minimum absolute atomic E-state index is 0.362. The van der Waals surface area contributed by atoms with Crippen molar-refractivity contribution in [2.75, 3.05) is 7.11 Å². The SMILES string of the molecule is COc1cc([N+](=O)[O-])cc(C(C)=O)c1C(F)F. The molecule has 0 atom stereocenters. The number of benzene rings is 1. The van der Waals surface area contributed by atoms with Crippen LogP contribution < -0.4 is 4.74 Å². The number of hydrogen-bond acceptors (Lipinski definition) is 4. The zero-order valence-corrected chi connectivity index (χ0v) is 9.07. The van der Waals surface area contributed by atoms with Crippen molar-refractivity contribution < 1.29 is 23.2 Å². The summed E-state index contributed by atoms with van der Waals surface area (Å²) in [5, 5.41) is 10.6. The number of rotatable bonds is 4. The number of halogens is 2. The van der Waals surface area contributed by atoms with Gasteiger partial charge in [-0.3, -0.25) is 14.9 Å². The Hall–Kier alpha value is -2.05. The molecule has 0 fully saturated rings. The van der Waals surface area contributed by atoms with E-state index in [2.05, 4.69) is 4.74 Å². The summed E-state index contributed by atoms with van der Waals surface area (Å²) in [6, 6.07) is 1.69. The third-order valence-electron chi connectivity index (χ3n) is 2.16. The third kappa shape index (κ3) is 2.55. The maximum Gasteiger partial charge on any atom is 0.273 e. The molecule has 0 aliphatic heterocycles. The summed E-state index contributed by atoms with van der Waals surface area (Å²) >= 11 is 0. The fourth-order valence-electron chi connectivity index (χ4n) is 1.40. The van der Waals surface area contributed by atoms with Gasteiger partial charge in [0.2, 0.25) is 0 Å². The number of non-ortho nitro benzene ring substituents is 1. The van der Waals surface area contributed by atoms with Gasteiger partial charge in [-0.25, -0.2) is 8.78 Å². The highest BCUT2D eigenvalue weighted by Crippen LogP contribution is 2.35. The first-order valence-electron chi connectivity index (χ1n) is 4.54. The Kier molecular flexibility index (Phi) is 3.72. The molecule has 0 radical (unpaired) electrons. The number of nitrogens with zero attached hydrogens (tertiary/aromatic N) is 1. The first kappa shape index (κ1) is 13.0. The maximum absolute atomic E-state index is 12.8. The fraction of sp³-hybridized carbons (Fsp3) is 0.300. The summed E-state index contributed by atoms with van der Waals surface area (Å²) in [4.78, 5) is 21.0. The van der Waals surface area contributed by atoms with E-state index in [1.165, 1.54) is 0 Å². The van der Waals surface area contributed by atoms with E-state index in [0.29, 0.717) is 0 Å². The number of methoxy groups -OCH3 is 1. The van der Waals surface area contributed by atoms with Crippen molar-refractivity contribution in [2.45, 2.75) is 13.3 Å². The van der Waals surface area contributed by atoms with Gasteiger partial charge in [0.05, 0.1) is 23.7 Å². The summed E-state index contributed by atoms with van der Waals surface area (Å²) in [6.45, 7) is 1.06. The number of alkyl halides is 2. The number of Topliss-reactive ketones (excluding diaryl/α,β-unsaturated/α-hetero) is 1. The molecule has 0 aliphatic carbocycles. The molecule has 0 spiro atoms. The molecule has 0 amide bonds. The van der Waals surface area contributed by atoms with Crippen molar-refractivity contribution in [3.63, 3.8) is 0 Å². The number of ketones is 1. The number of hydrogen-bond donors (Lipinski definition) is 0. The average molecular weight is 245 g/mol. The standard InChI is InChI=1S/C10H9F2NO4/c1-5(14)7-3-6(13(15)16)4-8(17-2)9(7)10(11)12/h3-4,10H,1-2H3. The maximum atomic E-state index is 12.8. The van der Waals surface area contributed by atoms with Crippen molar-refractivity contribution >= 4 is 11.5 Å². The van der Waals surface area contributed by atoms with Crippen LogP contribution in [0.15, 0.2) is 12.1 Å². The molecule has 1 rings (SSSR count). The summed E-state index contributed by atoms with van der Waals surface area (Å²) in [7, 11) is 1.11. The third-order valence-corrected chi connectivity index (χ3v) is 2.16. The Morgan fingerprint density at radius 1 is 1.47 bits per heavy atom. The number of carbonyl (C=O) groups is 1. The second-order valence-corrected chi connectivity index (χ2v) is 3.22. The molecule has 0 saturated carbocycles. The van der Waals surface area contributed by atoms with Crippen LogP contribution in [0.3, 0.4) is 0 Å². The van der Waals surface area contributed by atoms with E-state index in [1.807, 2.05) is 0 Å². The average Bonchev–Trinajstić information content (AvgIpc) is 2.26. The van der Waals surface area contributed by atoms with Gasteiger partial charge in [-0.2, -0.15) is 0 Å². The summed E-state index contributed by atoms with van der Waals surface area (Å²) in [5.74, 6) is -1.04. The Balaban J connectivity index is 3.57. The summed E-state index contributed by atoms with van der Waals surface area (Å²) in [6.07, 6.45) is -2.94. The van der Waals surface area contributed by atoms with Crippen molar-refractivity contribution in [1.82, 2.24) is 0 Å². The quantitative estimate of drug-likeness (QED) is 0.464. The second-order valence-electron chi connectivity index (χ2n) is 3.22. The summed E-state index contributed by atoms with van der Waals surface area (Å²) < 4.78 is 30.2. The first-order valence-corrected chi connectivity index (χ1v) is 4.54. The van der Waals surface area contributed by atoms with Crippen molar-refractivity contribution in [1.29, 1.82) is 0 Å². The van der Waals surface area contributed by atoms with Gasteiger partial charge in [0.1, 0.15) is 5.75 Å². The molecule has 17 heavy (non-hydrogen) atoms. The van der Waals surface area contributed by atoms with Gasteiger partial charge in [-0.05, 0) is 6.92 Å². The van der Waals surface area contributed by atoms with Gasteiger partial charge in [-0.15, -0.1) is 0 Å². The predicted molar refractivity (Wildman–Crippen MR) is 54.6 cm³/mol. The smallest absolute Gasteiger partial charge is 0.273 e. The molecule has 92 valence electrons. The number of nitro groups is 1. The number of ether oxygens (including phenoxy) is 1. The lowest BCUT2D eigenvalue weighted by Crippen LogP contribution is -2.05. The van der Waals surface area contributed by atoms with Crippen molar-refractivity contribution in [3.05, 3.63) is 33.4 Å². The monoisotopic (exact) mass is 245 g/mol. The van der Waals surface area contributed by atoms with E-state index in [1.54, 1.807) is 0 Å². The van der Waals surface area contributed by atoms with E-state index in [0.717, 1.165) is 26.2 Å². The highest BCUT2D eigenvalue weighted by Gasteiger charge is 2.25. The fourth-order valence-corrected chi connectivity index (χ4v) is 1.40. The lowest BCUT2D eigenvalue weighted by molar-refractivity contribution is -0.385. The van der Waals surface area contributed by atoms with Gasteiger partial charge < -0.3 is 4.74 Å². The first-order chi connectivity index (χ1) is 7.88. The predicted octanol–water partition coefficient (Wildman–Crippen LogP) is 2.74. The highest BCUT2D eigenvalue weighted by atomic mass is 19.3. The van der Waals surface area contributed by atoms with Crippen LogP contribution in [0.2, 0.25) is 0 Å². The molecule has 0 N–H and O–H groups in total. The molecular weight excluding hydrogens is 236 g/mol. The minimum Gasteiger partial charge on any atom is -0.496 e. The van der Waals surface area contributed by atoms with E-state index in [-0.39, 0.29) is 5.75 Å². The topological polar surface area (TPSA) is 69.4 Å². The van der Waals surface area contributed by atoms with Gasteiger partial charge in [0, 0.05) is 11.6 Å². The zero-order valence-electron chi connectivity index (χ0n) is 9.07. The Morgan fingerprint density at radius 2 is 2.06 bits per heavy atom. The molecule has 0 aromatic heterocycles. The molecule has 7 heteroatoms. The molecule has 0 unspecified atom stereocenters. The largest absolute Gasteiger partial charge is 0.496 e. The van der Waals surface area contributed by atoms with Crippen LogP contribution in [0.25, 0.3) is 0 Å². The Labute approximate surface area is 95.2 Å². The zero-order chi connectivity index (χ0) is 13.2. The Morgan fingerprint density at radius 3 is 2.41 bits per heavy atom. The van der Waals surface area contributed by atoms with Crippen molar-refractivity contribution in [2.24, 2.45) is 0 Å². The minimum atomic E-state index is -2.94. The molecule has 0 aliphatic rings. The van der Waals surface area contributed by atoms with Crippen LogP contribution in [-0.4, -0.2) is 17.8 Å². The van der Waals surface area contributed by atoms with E-state index < -0.39 is 33.9 Å². The van der Waals surface area contributed by atoms with Gasteiger partial charge >= 0.3 is 0 Å². The molecular formula is C10H9F2NO4. The molecule has 0 heterocycles. The molecule has 0 saturated heterocycles. The van der Waals surface area contributed by atoms with Crippen LogP contribution >= 0.6 is 0 Å². The molecule has 1 aromatic carbocycles. The van der Waals surface area contributed by atoms with E-state index in [4.69, 9.17) is 0 Å². The highest BCUT2D eigenvalue weighted by molar-refractivity contribution is 5.97. The van der Waals surface area contributed by atoms with Gasteiger partial charge in [0.15, 0.2) is 5.78 Å². The van der Waals surface area contributed by atoms with Crippen LogP contribution in [0.4, 0.5) is 14.5 Å². The van der Waals surface area contributed by atoms with Crippen molar-refractivity contribution in [3.8, 4) is 5.75 Å². The molecule has 5 nitrogen and oxygen atoms in total. The summed E-state index contributed by atoms with van der Waals surface area (Å²) in [5.41, 5.74) is -1.48. The normalized spacial score (nSPS) is 10.4.